The van der Waals surface area contributed by atoms with Crippen molar-refractivity contribution in [2.45, 2.75) is 20.5 Å². The maximum Gasteiger partial charge on any atom is 0.344 e. The Balaban J connectivity index is 1.63. The number of benzene rings is 3. The van der Waals surface area contributed by atoms with Crippen LogP contribution in [-0.4, -0.2) is 29.3 Å². The van der Waals surface area contributed by atoms with Crippen LogP contribution < -0.4 is 9.47 Å². The highest BCUT2D eigenvalue weighted by Gasteiger charge is 2.33. The number of rotatable bonds is 9. The molecule has 0 atom stereocenters. The monoisotopic (exact) mass is 569 g/mol. The van der Waals surface area contributed by atoms with Crippen molar-refractivity contribution in [3.05, 3.63) is 104 Å². The first-order valence-corrected chi connectivity index (χ1v) is 13.4. The maximum absolute atomic E-state index is 12.7. The van der Waals surface area contributed by atoms with Crippen LogP contribution >= 0.6 is 35.0 Å². The van der Waals surface area contributed by atoms with Gasteiger partial charge in [-0.1, -0.05) is 65.3 Å². The van der Waals surface area contributed by atoms with Crippen LogP contribution in [0.5, 0.6) is 11.5 Å². The third kappa shape index (κ3) is 6.72. The molecule has 9 heteroatoms. The molecule has 196 valence electrons. The molecule has 0 saturated carbocycles. The predicted molar refractivity (Wildman–Crippen MR) is 154 cm³/mol. The summed E-state index contributed by atoms with van der Waals surface area (Å²) < 4.78 is 17.0. The molecule has 6 nitrogen and oxygen atoms in total. The Hall–Kier alpha value is -3.39. The van der Waals surface area contributed by atoms with Crippen molar-refractivity contribution < 1.29 is 24.1 Å². The molecule has 0 saturated heterocycles. The molecule has 0 aromatic heterocycles. The van der Waals surface area contributed by atoms with Gasteiger partial charge in [-0.15, -0.1) is 0 Å². The van der Waals surface area contributed by atoms with Gasteiger partial charge in [0.2, 0.25) is 0 Å². The second-order valence-corrected chi connectivity index (χ2v) is 9.85. The normalized spacial score (nSPS) is 15.3. The molecule has 0 unspecified atom stereocenters. The van der Waals surface area contributed by atoms with Crippen molar-refractivity contribution >= 4 is 57.7 Å². The molecule has 38 heavy (non-hydrogen) atoms. The van der Waals surface area contributed by atoms with Gasteiger partial charge in [-0.25, -0.2) is 9.79 Å². The molecule has 3 aromatic carbocycles. The fourth-order valence-corrected chi connectivity index (χ4v) is 5.06. The average Bonchev–Trinajstić information content (AvgIpc) is 3.19. The number of esters is 1. The number of aliphatic hydroxyl groups is 1. The van der Waals surface area contributed by atoms with Crippen molar-refractivity contribution in [3.8, 4) is 11.5 Å². The number of hydrogen-bond acceptors (Lipinski definition) is 7. The Morgan fingerprint density at radius 3 is 2.47 bits per heavy atom. The highest BCUT2D eigenvalue weighted by molar-refractivity contribution is 8.18. The molecule has 0 radical (unpaired) electrons. The van der Waals surface area contributed by atoms with Crippen LogP contribution in [0.2, 0.25) is 10.0 Å². The van der Waals surface area contributed by atoms with Crippen LogP contribution in [0.15, 0.2) is 88.0 Å². The molecule has 0 spiro atoms. The fraction of sp³-hybridized carbons (Fsp3) is 0.172. The van der Waals surface area contributed by atoms with E-state index in [1.165, 1.54) is 11.8 Å². The van der Waals surface area contributed by atoms with Crippen molar-refractivity contribution in [1.82, 2.24) is 0 Å². The number of carbonyl (C=O) groups is 1. The zero-order valence-corrected chi connectivity index (χ0v) is 23.1. The van der Waals surface area contributed by atoms with Crippen LogP contribution in [0.1, 0.15) is 25.0 Å². The van der Waals surface area contributed by atoms with E-state index in [2.05, 4.69) is 4.99 Å². The molecule has 0 amide bonds. The first-order chi connectivity index (χ1) is 18.4. The summed E-state index contributed by atoms with van der Waals surface area (Å²) >= 11 is 13.4. The first kappa shape index (κ1) is 27.6. The molecular weight excluding hydrogens is 545 g/mol. The summed E-state index contributed by atoms with van der Waals surface area (Å²) in [4.78, 5) is 17.7. The Kier molecular flexibility index (Phi) is 9.39. The Bertz CT molecular complexity index is 1420. The number of thioether (sulfide) groups is 1. The quantitative estimate of drug-likeness (QED) is 0.262. The van der Waals surface area contributed by atoms with Gasteiger partial charge in [0.15, 0.2) is 11.5 Å². The topological polar surface area (TPSA) is 77.4 Å². The first-order valence-electron chi connectivity index (χ1n) is 11.9. The van der Waals surface area contributed by atoms with E-state index >= 15 is 0 Å². The Labute approximate surface area is 235 Å². The lowest BCUT2D eigenvalue weighted by Crippen LogP contribution is -2.12. The second-order valence-electron chi connectivity index (χ2n) is 7.97. The summed E-state index contributed by atoms with van der Waals surface area (Å²) in [7, 11) is 0. The fourth-order valence-electron chi connectivity index (χ4n) is 3.56. The number of hydrogen-bond donors (Lipinski definition) is 1. The highest BCUT2D eigenvalue weighted by Crippen LogP contribution is 2.41. The van der Waals surface area contributed by atoms with E-state index in [4.69, 9.17) is 37.4 Å². The van der Waals surface area contributed by atoms with E-state index in [-0.39, 0.29) is 24.5 Å². The van der Waals surface area contributed by atoms with E-state index in [0.29, 0.717) is 43.8 Å². The summed E-state index contributed by atoms with van der Waals surface area (Å²) in [6.45, 7) is 4.43. The maximum atomic E-state index is 12.7. The van der Waals surface area contributed by atoms with Crippen molar-refractivity contribution in [2.24, 2.45) is 4.99 Å². The smallest absolute Gasteiger partial charge is 0.344 e. The van der Waals surface area contributed by atoms with Gasteiger partial charge in [0.1, 0.15) is 23.0 Å². The lowest BCUT2D eigenvalue weighted by molar-refractivity contribution is -0.138. The molecular formula is C29H25Cl2NO5S. The summed E-state index contributed by atoms with van der Waals surface area (Å²) in [5.41, 5.74) is 2.23. The number of para-hydroxylation sites is 1. The van der Waals surface area contributed by atoms with Gasteiger partial charge in [-0.05, 0) is 61.9 Å². The van der Waals surface area contributed by atoms with E-state index in [1.54, 1.807) is 37.3 Å². The van der Waals surface area contributed by atoms with Crippen LogP contribution in [0.4, 0.5) is 5.69 Å². The second kappa shape index (κ2) is 12.9. The molecule has 1 aliphatic heterocycles. The van der Waals surface area contributed by atoms with Crippen LogP contribution in [0, 0.1) is 0 Å². The van der Waals surface area contributed by atoms with Gasteiger partial charge in [0, 0.05) is 15.6 Å². The number of nitrogens with zero attached hydrogens (tertiary/aromatic N) is 1. The number of carbonyl (C=O) groups excluding carboxylic acids is 1. The molecule has 0 bridgehead atoms. The third-order valence-electron chi connectivity index (χ3n) is 5.32. The lowest BCUT2D eigenvalue weighted by Gasteiger charge is -2.13. The number of halogens is 2. The average molecular weight is 570 g/mol. The zero-order valence-electron chi connectivity index (χ0n) is 20.7. The molecule has 1 aliphatic rings. The van der Waals surface area contributed by atoms with E-state index in [9.17, 15) is 9.90 Å². The summed E-state index contributed by atoms with van der Waals surface area (Å²) in [5, 5.41) is 12.4. The largest absolute Gasteiger partial charge is 0.506 e. The Morgan fingerprint density at radius 1 is 0.974 bits per heavy atom. The number of ether oxygens (including phenoxy) is 3. The van der Waals surface area contributed by atoms with Crippen LogP contribution in [-0.2, 0) is 16.1 Å². The van der Waals surface area contributed by atoms with Gasteiger partial charge in [-0.3, -0.25) is 0 Å². The number of aliphatic imine (C=N–C) groups is 1. The summed E-state index contributed by atoms with van der Waals surface area (Å²) in [6.07, 6.45) is 1.76. The molecule has 1 heterocycles. The van der Waals surface area contributed by atoms with Crippen LogP contribution in [0.3, 0.4) is 0 Å². The SMILES string of the molecule is CCOC(=O)C1=C(O)/C(=C/c2ccc(OCc3ccc(Cl)cc3Cl)c(OCC)c2)SC1=Nc1ccccc1. The summed E-state index contributed by atoms with van der Waals surface area (Å²) in [6, 6.07) is 19.9. The van der Waals surface area contributed by atoms with Crippen molar-refractivity contribution in [1.29, 1.82) is 0 Å². The van der Waals surface area contributed by atoms with E-state index in [1.807, 2.05) is 49.4 Å². The van der Waals surface area contributed by atoms with Gasteiger partial charge in [0.05, 0.1) is 23.8 Å². The summed E-state index contributed by atoms with van der Waals surface area (Å²) in [5.74, 6) is 0.258. The van der Waals surface area contributed by atoms with E-state index in [0.717, 1.165) is 11.1 Å². The predicted octanol–water partition coefficient (Wildman–Crippen LogP) is 8.16. The minimum absolute atomic E-state index is 0.0387. The molecule has 4 rings (SSSR count). The Morgan fingerprint density at radius 2 is 1.76 bits per heavy atom. The van der Waals surface area contributed by atoms with Gasteiger partial charge in [0.25, 0.3) is 0 Å². The lowest BCUT2D eigenvalue weighted by atomic mass is 10.1. The van der Waals surface area contributed by atoms with Crippen molar-refractivity contribution in [2.75, 3.05) is 13.2 Å². The van der Waals surface area contributed by atoms with Crippen LogP contribution in [0.25, 0.3) is 6.08 Å². The zero-order chi connectivity index (χ0) is 27.1. The third-order valence-corrected chi connectivity index (χ3v) is 6.93. The highest BCUT2D eigenvalue weighted by atomic mass is 35.5. The minimum atomic E-state index is -0.629. The van der Waals surface area contributed by atoms with E-state index < -0.39 is 5.97 Å². The standard InChI is InChI=1S/C29H25Cl2NO5S/c1-3-35-24-14-18(10-13-23(24)37-17-19-11-12-20(30)16-22(19)31)15-25-27(33)26(29(34)36-4-2)28(38-25)32-21-8-6-5-7-9-21/h5-16,33H,3-4,17H2,1-2H3/b25-15-,32-28?. The van der Waals surface area contributed by atoms with Gasteiger partial charge < -0.3 is 19.3 Å². The number of aliphatic hydroxyl groups excluding tert-OH is 1. The molecule has 1 N–H and O–H groups in total. The molecule has 0 aliphatic carbocycles. The van der Waals surface area contributed by atoms with Gasteiger partial charge >= 0.3 is 5.97 Å². The molecule has 0 fully saturated rings. The van der Waals surface area contributed by atoms with Crippen molar-refractivity contribution in [3.63, 3.8) is 0 Å². The minimum Gasteiger partial charge on any atom is -0.506 e. The molecule has 3 aromatic rings. The van der Waals surface area contributed by atoms with Gasteiger partial charge in [-0.2, -0.15) is 0 Å².